The molecular formula is C17H20N4O3S. The van der Waals surface area contributed by atoms with E-state index in [0.29, 0.717) is 26.2 Å². The maximum Gasteiger partial charge on any atom is 0.223 e. The van der Waals surface area contributed by atoms with Crippen molar-refractivity contribution in [3.05, 3.63) is 48.7 Å². The monoisotopic (exact) mass is 360 g/mol. The molecule has 2 heterocycles. The van der Waals surface area contributed by atoms with Crippen LogP contribution in [0, 0.1) is 0 Å². The lowest BCUT2D eigenvalue weighted by Gasteiger charge is -2.35. The maximum absolute atomic E-state index is 12.3. The zero-order chi connectivity index (χ0) is 17.7. The molecule has 1 aromatic heterocycles. The van der Waals surface area contributed by atoms with Gasteiger partial charge in [0.2, 0.25) is 5.91 Å². The number of piperazine rings is 1. The second-order valence-electron chi connectivity index (χ2n) is 5.83. The number of anilines is 1. The molecule has 1 aliphatic heterocycles. The van der Waals surface area contributed by atoms with Crippen molar-refractivity contribution in [2.75, 3.05) is 36.8 Å². The molecule has 25 heavy (non-hydrogen) atoms. The zero-order valence-corrected chi connectivity index (χ0v) is 14.6. The average molecular weight is 360 g/mol. The molecular weight excluding hydrogens is 340 g/mol. The summed E-state index contributed by atoms with van der Waals surface area (Å²) in [6.07, 6.45) is 1.62. The zero-order valence-electron chi connectivity index (χ0n) is 13.8. The number of amides is 1. The number of rotatable bonds is 5. The first kappa shape index (κ1) is 17.3. The van der Waals surface area contributed by atoms with E-state index in [0.717, 1.165) is 5.82 Å². The van der Waals surface area contributed by atoms with Gasteiger partial charge in [0.05, 0.1) is 10.6 Å². The van der Waals surface area contributed by atoms with E-state index in [1.54, 1.807) is 41.4 Å². The second-order valence-corrected chi connectivity index (χ2v) is 7.94. The summed E-state index contributed by atoms with van der Waals surface area (Å²) in [6.45, 7) is 2.44. The molecule has 0 N–H and O–H groups in total. The van der Waals surface area contributed by atoms with Gasteiger partial charge in [-0.05, 0) is 24.3 Å². The van der Waals surface area contributed by atoms with Crippen LogP contribution in [0.2, 0.25) is 0 Å². The molecule has 0 bridgehead atoms. The number of sulfone groups is 1. The van der Waals surface area contributed by atoms with Crippen molar-refractivity contribution in [2.45, 2.75) is 11.3 Å². The lowest BCUT2D eigenvalue weighted by atomic mass is 10.3. The largest absolute Gasteiger partial charge is 0.352 e. The van der Waals surface area contributed by atoms with E-state index >= 15 is 0 Å². The Kier molecular flexibility index (Phi) is 5.28. The van der Waals surface area contributed by atoms with Gasteiger partial charge in [-0.1, -0.05) is 18.2 Å². The lowest BCUT2D eigenvalue weighted by molar-refractivity contribution is -0.131. The van der Waals surface area contributed by atoms with Gasteiger partial charge in [0.25, 0.3) is 0 Å². The molecule has 0 radical (unpaired) electrons. The summed E-state index contributed by atoms with van der Waals surface area (Å²) in [4.78, 5) is 16.4. The molecule has 1 fully saturated rings. The standard InChI is InChI=1S/C17H20N4O3S/c22-17(8-14-25(23,24)15-5-2-1-3-6-15)21-12-10-20(11-13-21)16-7-4-9-18-19-16/h1-7,9H,8,10-14H2. The van der Waals surface area contributed by atoms with Crippen molar-refractivity contribution >= 4 is 21.6 Å². The van der Waals surface area contributed by atoms with Crippen LogP contribution >= 0.6 is 0 Å². The maximum atomic E-state index is 12.3. The quantitative estimate of drug-likeness (QED) is 0.791. The molecule has 0 spiro atoms. The molecule has 1 aliphatic rings. The van der Waals surface area contributed by atoms with Gasteiger partial charge in [-0.2, -0.15) is 5.10 Å². The molecule has 1 aromatic carbocycles. The van der Waals surface area contributed by atoms with E-state index in [9.17, 15) is 13.2 Å². The average Bonchev–Trinajstić information content (AvgIpc) is 2.68. The number of aromatic nitrogens is 2. The Hall–Kier alpha value is -2.48. The van der Waals surface area contributed by atoms with Gasteiger partial charge in [-0.25, -0.2) is 8.42 Å². The number of nitrogens with zero attached hydrogens (tertiary/aromatic N) is 4. The highest BCUT2D eigenvalue weighted by Crippen LogP contribution is 2.14. The van der Waals surface area contributed by atoms with E-state index < -0.39 is 9.84 Å². The summed E-state index contributed by atoms with van der Waals surface area (Å²) in [6, 6.07) is 12.0. The van der Waals surface area contributed by atoms with Crippen LogP contribution in [0.25, 0.3) is 0 Å². The van der Waals surface area contributed by atoms with Gasteiger partial charge in [-0.3, -0.25) is 4.79 Å². The molecule has 1 saturated heterocycles. The molecule has 0 saturated carbocycles. The normalized spacial score (nSPS) is 15.2. The van der Waals surface area contributed by atoms with Gasteiger partial charge in [0.15, 0.2) is 15.7 Å². The Balaban J connectivity index is 1.52. The van der Waals surface area contributed by atoms with E-state index in [1.807, 2.05) is 12.1 Å². The number of hydrogen-bond acceptors (Lipinski definition) is 6. The fraction of sp³-hybridized carbons (Fsp3) is 0.353. The first-order valence-corrected chi connectivity index (χ1v) is 9.80. The summed E-state index contributed by atoms with van der Waals surface area (Å²) in [5, 5.41) is 7.93. The van der Waals surface area contributed by atoms with Crippen molar-refractivity contribution in [1.29, 1.82) is 0 Å². The predicted octanol–water partition coefficient (Wildman–Crippen LogP) is 0.989. The van der Waals surface area contributed by atoms with Gasteiger partial charge < -0.3 is 9.80 Å². The highest BCUT2D eigenvalue weighted by atomic mass is 32.2. The van der Waals surface area contributed by atoms with Crippen LogP contribution in [-0.4, -0.2) is 61.4 Å². The molecule has 1 amide bonds. The van der Waals surface area contributed by atoms with Crippen LogP contribution in [-0.2, 0) is 14.6 Å². The van der Waals surface area contributed by atoms with Crippen molar-refractivity contribution < 1.29 is 13.2 Å². The van der Waals surface area contributed by atoms with Crippen molar-refractivity contribution in [1.82, 2.24) is 15.1 Å². The van der Waals surface area contributed by atoms with Crippen molar-refractivity contribution in [3.8, 4) is 0 Å². The summed E-state index contributed by atoms with van der Waals surface area (Å²) in [5.41, 5.74) is 0. The summed E-state index contributed by atoms with van der Waals surface area (Å²) < 4.78 is 24.5. The molecule has 3 rings (SSSR count). The second kappa shape index (κ2) is 7.60. The minimum Gasteiger partial charge on any atom is -0.352 e. The lowest BCUT2D eigenvalue weighted by Crippen LogP contribution is -2.49. The topological polar surface area (TPSA) is 83.5 Å². The minimum absolute atomic E-state index is 0.00235. The third kappa shape index (κ3) is 4.33. The van der Waals surface area contributed by atoms with Gasteiger partial charge in [-0.15, -0.1) is 5.10 Å². The summed E-state index contributed by atoms with van der Waals surface area (Å²) >= 11 is 0. The van der Waals surface area contributed by atoms with Crippen LogP contribution in [0.5, 0.6) is 0 Å². The van der Waals surface area contributed by atoms with Crippen molar-refractivity contribution in [2.24, 2.45) is 0 Å². The fourth-order valence-corrected chi connectivity index (χ4v) is 4.02. The fourth-order valence-electron chi connectivity index (χ4n) is 2.77. The Morgan fingerprint density at radius 1 is 1.00 bits per heavy atom. The highest BCUT2D eigenvalue weighted by Gasteiger charge is 2.24. The molecule has 7 nitrogen and oxygen atoms in total. The van der Waals surface area contributed by atoms with E-state index in [2.05, 4.69) is 15.1 Å². The number of hydrogen-bond donors (Lipinski definition) is 0. The molecule has 0 unspecified atom stereocenters. The minimum atomic E-state index is -3.42. The molecule has 8 heteroatoms. The third-order valence-electron chi connectivity index (χ3n) is 4.20. The van der Waals surface area contributed by atoms with Crippen LogP contribution in [0.4, 0.5) is 5.82 Å². The highest BCUT2D eigenvalue weighted by molar-refractivity contribution is 7.91. The van der Waals surface area contributed by atoms with E-state index in [4.69, 9.17) is 0 Å². The van der Waals surface area contributed by atoms with Gasteiger partial charge >= 0.3 is 0 Å². The van der Waals surface area contributed by atoms with E-state index in [-0.39, 0.29) is 23.0 Å². The Morgan fingerprint density at radius 2 is 1.72 bits per heavy atom. The molecule has 0 atom stereocenters. The predicted molar refractivity (Wildman–Crippen MR) is 93.9 cm³/mol. The Bertz CT molecular complexity index is 804. The number of carbonyl (C=O) groups excluding carboxylic acids is 1. The van der Waals surface area contributed by atoms with Crippen LogP contribution in [0.15, 0.2) is 53.6 Å². The van der Waals surface area contributed by atoms with Gasteiger partial charge in [0.1, 0.15) is 0 Å². The Morgan fingerprint density at radius 3 is 2.36 bits per heavy atom. The molecule has 132 valence electrons. The van der Waals surface area contributed by atoms with E-state index in [1.165, 1.54) is 0 Å². The summed E-state index contributed by atoms with van der Waals surface area (Å²) in [7, 11) is -3.42. The smallest absolute Gasteiger partial charge is 0.223 e. The first-order chi connectivity index (χ1) is 12.1. The number of carbonyl (C=O) groups is 1. The third-order valence-corrected chi connectivity index (χ3v) is 5.93. The van der Waals surface area contributed by atoms with Crippen LogP contribution in [0.1, 0.15) is 6.42 Å². The van der Waals surface area contributed by atoms with Crippen molar-refractivity contribution in [3.63, 3.8) is 0 Å². The molecule has 2 aromatic rings. The first-order valence-electron chi connectivity index (χ1n) is 8.14. The number of benzene rings is 1. The van der Waals surface area contributed by atoms with Crippen LogP contribution < -0.4 is 4.90 Å². The summed E-state index contributed by atoms with van der Waals surface area (Å²) in [5.74, 6) is 0.500. The van der Waals surface area contributed by atoms with Crippen LogP contribution in [0.3, 0.4) is 0 Å². The SMILES string of the molecule is O=C(CCS(=O)(=O)c1ccccc1)N1CCN(c2cccnn2)CC1. The Labute approximate surface area is 147 Å². The van der Waals surface area contributed by atoms with Gasteiger partial charge in [0, 0.05) is 38.8 Å². The molecule has 0 aliphatic carbocycles.